The van der Waals surface area contributed by atoms with Crippen molar-refractivity contribution in [1.82, 2.24) is 9.78 Å². The predicted molar refractivity (Wildman–Crippen MR) is 87.1 cm³/mol. The van der Waals surface area contributed by atoms with Gasteiger partial charge in [0.25, 0.3) is 5.91 Å². The number of amides is 1. The van der Waals surface area contributed by atoms with Crippen molar-refractivity contribution >= 4 is 23.3 Å². The standard InChI is InChI=1S/C17H13ClFN3O/c18-15-10-13(19)6-7-14(15)17(23)21-16-8-9-20-22(16)11-12-4-2-1-3-5-12/h1-10H,11H2,(H,21,23). The first-order chi connectivity index (χ1) is 11.1. The zero-order chi connectivity index (χ0) is 16.2. The number of carbonyl (C=O) groups is 1. The van der Waals surface area contributed by atoms with Gasteiger partial charge in [-0.15, -0.1) is 0 Å². The second-order valence-electron chi connectivity index (χ2n) is 4.94. The Morgan fingerprint density at radius 1 is 1.17 bits per heavy atom. The summed E-state index contributed by atoms with van der Waals surface area (Å²) in [6.45, 7) is 0.528. The highest BCUT2D eigenvalue weighted by molar-refractivity contribution is 6.34. The van der Waals surface area contributed by atoms with Crippen LogP contribution in [0.5, 0.6) is 0 Å². The zero-order valence-corrected chi connectivity index (χ0v) is 12.8. The minimum atomic E-state index is -0.485. The smallest absolute Gasteiger partial charge is 0.258 e. The molecule has 0 atom stereocenters. The third kappa shape index (κ3) is 3.57. The largest absolute Gasteiger partial charge is 0.307 e. The van der Waals surface area contributed by atoms with Crippen molar-refractivity contribution in [1.29, 1.82) is 0 Å². The number of hydrogen-bond donors (Lipinski definition) is 1. The van der Waals surface area contributed by atoms with Crippen LogP contribution in [0.4, 0.5) is 10.2 Å². The molecule has 0 aliphatic carbocycles. The van der Waals surface area contributed by atoms with Crippen LogP contribution < -0.4 is 5.32 Å². The van der Waals surface area contributed by atoms with Gasteiger partial charge in [-0.3, -0.25) is 4.79 Å². The van der Waals surface area contributed by atoms with Gasteiger partial charge in [0.1, 0.15) is 11.6 Å². The Kier molecular flexibility index (Phi) is 4.39. The molecule has 116 valence electrons. The van der Waals surface area contributed by atoms with Gasteiger partial charge in [0.2, 0.25) is 0 Å². The second kappa shape index (κ2) is 6.62. The van der Waals surface area contributed by atoms with Crippen molar-refractivity contribution in [3.8, 4) is 0 Å². The van der Waals surface area contributed by atoms with Gasteiger partial charge < -0.3 is 5.32 Å². The van der Waals surface area contributed by atoms with Crippen LogP contribution in [0.3, 0.4) is 0 Å². The third-order valence-electron chi connectivity index (χ3n) is 3.31. The second-order valence-corrected chi connectivity index (χ2v) is 5.35. The molecule has 0 aliphatic heterocycles. The summed E-state index contributed by atoms with van der Waals surface area (Å²) < 4.78 is 14.7. The summed E-state index contributed by atoms with van der Waals surface area (Å²) in [5.74, 6) is -0.357. The maximum absolute atomic E-state index is 13.1. The van der Waals surface area contributed by atoms with Gasteiger partial charge in [0.05, 0.1) is 23.3 Å². The minimum Gasteiger partial charge on any atom is -0.307 e. The lowest BCUT2D eigenvalue weighted by molar-refractivity contribution is 0.102. The molecule has 0 spiro atoms. The van der Waals surface area contributed by atoms with Crippen LogP contribution in [-0.4, -0.2) is 15.7 Å². The van der Waals surface area contributed by atoms with Gasteiger partial charge in [0, 0.05) is 6.07 Å². The quantitative estimate of drug-likeness (QED) is 0.787. The molecule has 1 N–H and O–H groups in total. The van der Waals surface area contributed by atoms with Crippen molar-refractivity contribution in [2.24, 2.45) is 0 Å². The van der Waals surface area contributed by atoms with Gasteiger partial charge >= 0.3 is 0 Å². The molecule has 6 heteroatoms. The summed E-state index contributed by atoms with van der Waals surface area (Å²) in [5, 5.41) is 7.01. The first-order valence-corrected chi connectivity index (χ1v) is 7.33. The predicted octanol–water partition coefficient (Wildman–Crippen LogP) is 3.98. The van der Waals surface area contributed by atoms with Crippen molar-refractivity contribution in [3.63, 3.8) is 0 Å². The molecule has 3 rings (SSSR count). The van der Waals surface area contributed by atoms with E-state index in [1.54, 1.807) is 16.9 Å². The molecule has 0 aliphatic rings. The first kappa shape index (κ1) is 15.2. The maximum atomic E-state index is 13.1. The van der Waals surface area contributed by atoms with Gasteiger partial charge in [-0.05, 0) is 23.8 Å². The van der Waals surface area contributed by atoms with Crippen molar-refractivity contribution in [2.45, 2.75) is 6.54 Å². The van der Waals surface area contributed by atoms with Crippen molar-refractivity contribution in [2.75, 3.05) is 5.32 Å². The summed E-state index contributed by atoms with van der Waals surface area (Å²) >= 11 is 5.91. The number of anilines is 1. The fourth-order valence-corrected chi connectivity index (χ4v) is 2.43. The van der Waals surface area contributed by atoms with Gasteiger partial charge in [0.15, 0.2) is 0 Å². The highest BCUT2D eigenvalue weighted by atomic mass is 35.5. The number of benzene rings is 2. The van der Waals surface area contributed by atoms with E-state index in [2.05, 4.69) is 10.4 Å². The molecule has 0 bridgehead atoms. The molecule has 3 aromatic rings. The summed E-state index contributed by atoms with van der Waals surface area (Å²) in [7, 11) is 0. The minimum absolute atomic E-state index is 0.0663. The number of rotatable bonds is 4. The third-order valence-corrected chi connectivity index (χ3v) is 3.62. The number of carbonyl (C=O) groups excluding carboxylic acids is 1. The molecule has 0 saturated carbocycles. The lowest BCUT2D eigenvalue weighted by Gasteiger charge is -2.10. The Morgan fingerprint density at radius 2 is 1.96 bits per heavy atom. The highest BCUT2D eigenvalue weighted by Crippen LogP contribution is 2.19. The van der Waals surface area contributed by atoms with E-state index in [1.807, 2.05) is 30.3 Å². The van der Waals surface area contributed by atoms with Crippen LogP contribution in [0, 0.1) is 5.82 Å². The molecular formula is C17H13ClFN3O. The van der Waals surface area contributed by atoms with Crippen LogP contribution >= 0.6 is 11.6 Å². The average Bonchev–Trinajstić information content (AvgIpc) is 2.95. The molecular weight excluding hydrogens is 317 g/mol. The average molecular weight is 330 g/mol. The van der Waals surface area contributed by atoms with E-state index in [1.165, 1.54) is 12.1 Å². The van der Waals surface area contributed by atoms with E-state index in [0.717, 1.165) is 11.6 Å². The Morgan fingerprint density at radius 3 is 2.70 bits per heavy atom. The molecule has 1 heterocycles. The van der Waals surface area contributed by atoms with E-state index < -0.39 is 11.7 Å². The molecule has 1 amide bonds. The zero-order valence-electron chi connectivity index (χ0n) is 12.0. The Balaban J connectivity index is 1.78. The van der Waals surface area contributed by atoms with E-state index in [0.29, 0.717) is 12.4 Å². The topological polar surface area (TPSA) is 46.9 Å². The number of nitrogens with zero attached hydrogens (tertiary/aromatic N) is 2. The first-order valence-electron chi connectivity index (χ1n) is 6.95. The number of halogens is 2. The summed E-state index contributed by atoms with van der Waals surface area (Å²) in [6.07, 6.45) is 1.60. The lowest BCUT2D eigenvalue weighted by Crippen LogP contribution is -2.16. The SMILES string of the molecule is O=C(Nc1ccnn1Cc1ccccc1)c1ccc(F)cc1Cl. The Hall–Kier alpha value is -2.66. The van der Waals surface area contributed by atoms with Crippen LogP contribution in [0.1, 0.15) is 15.9 Å². The maximum Gasteiger partial charge on any atom is 0.258 e. The normalized spacial score (nSPS) is 10.5. The molecule has 0 radical (unpaired) electrons. The summed E-state index contributed by atoms with van der Waals surface area (Å²) in [5.41, 5.74) is 1.27. The fourth-order valence-electron chi connectivity index (χ4n) is 2.18. The molecule has 1 aromatic heterocycles. The molecule has 0 unspecified atom stereocenters. The summed E-state index contributed by atoms with van der Waals surface area (Å²) in [4.78, 5) is 12.3. The number of nitrogens with one attached hydrogen (secondary N) is 1. The molecule has 0 saturated heterocycles. The van der Waals surface area contributed by atoms with E-state index in [4.69, 9.17) is 11.6 Å². The van der Waals surface area contributed by atoms with E-state index in [9.17, 15) is 9.18 Å². The highest BCUT2D eigenvalue weighted by Gasteiger charge is 2.13. The molecule has 4 nitrogen and oxygen atoms in total. The number of hydrogen-bond acceptors (Lipinski definition) is 2. The van der Waals surface area contributed by atoms with E-state index in [-0.39, 0.29) is 10.6 Å². The Labute approximate surface area is 137 Å². The lowest BCUT2D eigenvalue weighted by atomic mass is 10.2. The Bertz CT molecular complexity index is 833. The number of aromatic nitrogens is 2. The van der Waals surface area contributed by atoms with Crippen LogP contribution in [0.15, 0.2) is 60.8 Å². The fraction of sp³-hybridized carbons (Fsp3) is 0.0588. The van der Waals surface area contributed by atoms with Crippen molar-refractivity contribution in [3.05, 3.63) is 82.8 Å². The van der Waals surface area contributed by atoms with Crippen LogP contribution in [0.2, 0.25) is 5.02 Å². The molecule has 23 heavy (non-hydrogen) atoms. The molecule has 0 fully saturated rings. The van der Waals surface area contributed by atoms with E-state index >= 15 is 0 Å². The van der Waals surface area contributed by atoms with Crippen LogP contribution in [-0.2, 0) is 6.54 Å². The van der Waals surface area contributed by atoms with Crippen molar-refractivity contribution < 1.29 is 9.18 Å². The van der Waals surface area contributed by atoms with Gasteiger partial charge in [-0.25, -0.2) is 9.07 Å². The van der Waals surface area contributed by atoms with Crippen LogP contribution in [0.25, 0.3) is 0 Å². The summed E-state index contributed by atoms with van der Waals surface area (Å²) in [6, 6.07) is 15.1. The molecule has 2 aromatic carbocycles. The van der Waals surface area contributed by atoms with Gasteiger partial charge in [-0.2, -0.15) is 5.10 Å². The monoisotopic (exact) mass is 329 g/mol. The van der Waals surface area contributed by atoms with Gasteiger partial charge in [-0.1, -0.05) is 41.9 Å².